The van der Waals surface area contributed by atoms with Crippen molar-refractivity contribution in [3.8, 4) is 0 Å². The van der Waals surface area contributed by atoms with E-state index in [2.05, 4.69) is 30.8 Å². The number of nitro groups is 1. The highest BCUT2D eigenvalue weighted by molar-refractivity contribution is 9.10. The van der Waals surface area contributed by atoms with Gasteiger partial charge in [-0.3, -0.25) is 19.9 Å². The van der Waals surface area contributed by atoms with E-state index in [1.807, 2.05) is 0 Å². The molecule has 0 bridgehead atoms. The molecule has 1 aromatic carbocycles. The molecule has 19 heavy (non-hydrogen) atoms. The number of hydrogen-bond donors (Lipinski definition) is 2. The minimum absolute atomic E-state index is 0.107. The van der Waals surface area contributed by atoms with Crippen molar-refractivity contribution < 1.29 is 13.3 Å². The van der Waals surface area contributed by atoms with E-state index in [9.17, 15) is 18.5 Å². The summed E-state index contributed by atoms with van der Waals surface area (Å²) in [5.41, 5.74) is -0.462. The van der Waals surface area contributed by atoms with Crippen molar-refractivity contribution in [3.05, 3.63) is 45.2 Å². The van der Waals surface area contributed by atoms with E-state index >= 15 is 0 Å². The van der Waals surface area contributed by atoms with Gasteiger partial charge >= 0.3 is 0 Å². The number of halogens is 1. The third kappa shape index (κ3) is 2.90. The summed E-state index contributed by atoms with van der Waals surface area (Å²) in [6.07, 6.45) is 2.28. The maximum absolute atomic E-state index is 11.9. The molecule has 0 unspecified atom stereocenters. The van der Waals surface area contributed by atoms with E-state index in [0.717, 1.165) is 6.20 Å². The second-order valence-electron chi connectivity index (χ2n) is 3.46. The van der Waals surface area contributed by atoms with Crippen molar-refractivity contribution in [1.82, 2.24) is 10.2 Å². The number of rotatable bonds is 4. The molecule has 0 saturated carbocycles. The van der Waals surface area contributed by atoms with Crippen LogP contribution in [0.5, 0.6) is 0 Å². The van der Waals surface area contributed by atoms with Gasteiger partial charge < -0.3 is 0 Å². The van der Waals surface area contributed by atoms with Crippen molar-refractivity contribution in [2.45, 2.75) is 4.90 Å². The lowest BCUT2D eigenvalue weighted by Gasteiger charge is -2.06. The van der Waals surface area contributed by atoms with Crippen molar-refractivity contribution in [2.24, 2.45) is 0 Å². The van der Waals surface area contributed by atoms with Crippen LogP contribution in [0.3, 0.4) is 0 Å². The lowest BCUT2D eigenvalue weighted by molar-refractivity contribution is -0.384. The molecule has 0 aliphatic heterocycles. The van der Waals surface area contributed by atoms with E-state index < -0.39 is 14.9 Å². The lowest BCUT2D eigenvalue weighted by Crippen LogP contribution is -2.13. The van der Waals surface area contributed by atoms with Crippen LogP contribution in [0.4, 0.5) is 11.4 Å². The van der Waals surface area contributed by atoms with Crippen molar-refractivity contribution in [1.29, 1.82) is 0 Å². The fraction of sp³-hybridized carbons (Fsp3) is 0. The molecule has 100 valence electrons. The fourth-order valence-electron chi connectivity index (χ4n) is 1.33. The first-order valence-corrected chi connectivity index (χ1v) is 7.13. The van der Waals surface area contributed by atoms with Crippen molar-refractivity contribution in [3.63, 3.8) is 0 Å². The molecule has 1 aromatic heterocycles. The SMILES string of the molecule is O=[N+]([O-])c1cc(Br)ccc1NS(=O)(=O)c1cn[nH]c1. The number of hydrogen-bond acceptors (Lipinski definition) is 5. The van der Waals surface area contributed by atoms with Crippen LogP contribution >= 0.6 is 15.9 Å². The summed E-state index contributed by atoms with van der Waals surface area (Å²) in [5, 5.41) is 16.8. The Hall–Kier alpha value is -1.94. The zero-order chi connectivity index (χ0) is 14.0. The van der Waals surface area contributed by atoms with Gasteiger partial charge in [0.2, 0.25) is 0 Å². The molecule has 0 aliphatic rings. The molecule has 10 heteroatoms. The first-order chi connectivity index (χ1) is 8.90. The molecule has 1 heterocycles. The molecule has 8 nitrogen and oxygen atoms in total. The van der Waals surface area contributed by atoms with E-state index in [-0.39, 0.29) is 16.3 Å². The summed E-state index contributed by atoms with van der Waals surface area (Å²) in [6, 6.07) is 4.02. The number of sulfonamides is 1. The van der Waals surface area contributed by atoms with Gasteiger partial charge in [-0.15, -0.1) is 0 Å². The average Bonchev–Trinajstić information content (AvgIpc) is 2.85. The molecule has 2 N–H and O–H groups in total. The lowest BCUT2D eigenvalue weighted by atomic mass is 10.3. The first kappa shape index (κ1) is 13.5. The topological polar surface area (TPSA) is 118 Å². The summed E-state index contributed by atoms with van der Waals surface area (Å²) in [6.45, 7) is 0. The van der Waals surface area contributed by atoms with Crippen LogP contribution in [-0.4, -0.2) is 23.5 Å². The summed E-state index contributed by atoms with van der Waals surface area (Å²) < 4.78 is 26.5. The fourth-order valence-corrected chi connectivity index (χ4v) is 2.66. The van der Waals surface area contributed by atoms with E-state index in [0.29, 0.717) is 4.47 Å². The number of nitrogens with zero attached hydrogens (tertiary/aromatic N) is 2. The van der Waals surface area contributed by atoms with Gasteiger partial charge in [-0.05, 0) is 12.1 Å². The summed E-state index contributed by atoms with van der Waals surface area (Å²) in [5.74, 6) is 0. The zero-order valence-electron chi connectivity index (χ0n) is 9.20. The molecule has 0 aliphatic carbocycles. The third-order valence-corrected chi connectivity index (χ3v) is 4.01. The van der Waals surface area contributed by atoms with Crippen molar-refractivity contribution in [2.75, 3.05) is 4.72 Å². The molecule has 0 radical (unpaired) electrons. The number of nitro benzene ring substituents is 1. The Kier molecular flexibility index (Phi) is 3.53. The first-order valence-electron chi connectivity index (χ1n) is 4.86. The average molecular weight is 347 g/mol. The minimum atomic E-state index is -3.90. The van der Waals surface area contributed by atoms with E-state index in [4.69, 9.17) is 0 Å². The van der Waals surface area contributed by atoms with Crippen LogP contribution in [0.1, 0.15) is 0 Å². The molecule has 0 fully saturated rings. The molecule has 2 aromatic rings. The minimum Gasteiger partial charge on any atom is -0.284 e. The Labute approximate surface area is 116 Å². The predicted molar refractivity (Wildman–Crippen MR) is 70.2 cm³/mol. The van der Waals surface area contributed by atoms with Gasteiger partial charge in [0.1, 0.15) is 10.6 Å². The number of anilines is 1. The summed E-state index contributed by atoms with van der Waals surface area (Å²) in [7, 11) is -3.90. The second kappa shape index (κ2) is 4.97. The Morgan fingerprint density at radius 3 is 2.74 bits per heavy atom. The van der Waals surface area contributed by atoms with Gasteiger partial charge in [-0.1, -0.05) is 15.9 Å². The van der Waals surface area contributed by atoms with E-state index in [1.54, 1.807) is 0 Å². The monoisotopic (exact) mass is 346 g/mol. The maximum Gasteiger partial charge on any atom is 0.294 e. The molecular formula is C9H7BrN4O4S. The highest BCUT2D eigenvalue weighted by Crippen LogP contribution is 2.29. The van der Waals surface area contributed by atoms with Crippen LogP contribution in [0.15, 0.2) is 40.0 Å². The Morgan fingerprint density at radius 2 is 2.16 bits per heavy atom. The second-order valence-corrected chi connectivity index (χ2v) is 6.06. The number of benzene rings is 1. The van der Waals surface area contributed by atoms with Crippen LogP contribution in [-0.2, 0) is 10.0 Å². The predicted octanol–water partition coefficient (Wildman–Crippen LogP) is 1.88. The normalized spacial score (nSPS) is 11.2. The van der Waals surface area contributed by atoms with Crippen LogP contribution in [0.25, 0.3) is 0 Å². The largest absolute Gasteiger partial charge is 0.294 e. The summed E-state index contributed by atoms with van der Waals surface area (Å²) >= 11 is 3.09. The van der Waals surface area contributed by atoms with Crippen LogP contribution < -0.4 is 4.72 Å². The zero-order valence-corrected chi connectivity index (χ0v) is 11.6. The molecule has 2 rings (SSSR count). The molecule has 0 saturated heterocycles. The molecule has 0 spiro atoms. The Morgan fingerprint density at radius 1 is 1.42 bits per heavy atom. The smallest absolute Gasteiger partial charge is 0.284 e. The summed E-state index contributed by atoms with van der Waals surface area (Å²) in [4.78, 5) is 10.1. The Bertz CT molecular complexity index is 714. The maximum atomic E-state index is 11.9. The van der Waals surface area contributed by atoms with E-state index in [1.165, 1.54) is 24.4 Å². The Balaban J connectivity index is 2.42. The van der Waals surface area contributed by atoms with Crippen LogP contribution in [0, 0.1) is 10.1 Å². The van der Waals surface area contributed by atoms with Gasteiger partial charge in [-0.2, -0.15) is 5.10 Å². The number of aromatic nitrogens is 2. The van der Waals surface area contributed by atoms with Crippen LogP contribution in [0.2, 0.25) is 0 Å². The molecule has 0 atom stereocenters. The van der Waals surface area contributed by atoms with Gasteiger partial charge in [-0.25, -0.2) is 8.42 Å². The highest BCUT2D eigenvalue weighted by atomic mass is 79.9. The quantitative estimate of drug-likeness (QED) is 0.647. The highest BCUT2D eigenvalue weighted by Gasteiger charge is 2.21. The van der Waals surface area contributed by atoms with Gasteiger partial charge in [0, 0.05) is 16.7 Å². The van der Waals surface area contributed by atoms with Crippen molar-refractivity contribution >= 4 is 37.3 Å². The van der Waals surface area contributed by atoms with Gasteiger partial charge in [0.05, 0.1) is 11.1 Å². The van der Waals surface area contributed by atoms with Gasteiger partial charge in [0.25, 0.3) is 15.7 Å². The molecule has 0 amide bonds. The standard InChI is InChI=1S/C9H7BrN4O4S/c10-6-1-2-8(9(3-6)14(15)16)13-19(17,18)7-4-11-12-5-7/h1-5,13H,(H,11,12). The number of nitrogens with one attached hydrogen (secondary N) is 2. The number of aromatic amines is 1. The number of H-pyrrole nitrogens is 1. The molecular weight excluding hydrogens is 340 g/mol. The third-order valence-electron chi connectivity index (χ3n) is 2.18. The van der Waals surface area contributed by atoms with Gasteiger partial charge in [0.15, 0.2) is 0 Å².